The third-order valence-electron chi connectivity index (χ3n) is 3.55. The minimum atomic E-state index is -3.49. The number of sulfonamides is 1. The highest BCUT2D eigenvalue weighted by Gasteiger charge is 2.26. The van der Waals surface area contributed by atoms with Gasteiger partial charge < -0.3 is 9.47 Å². The molecule has 1 aliphatic rings. The van der Waals surface area contributed by atoms with Gasteiger partial charge in [0.2, 0.25) is 10.0 Å². The number of benzene rings is 1. The molecule has 118 valence electrons. The summed E-state index contributed by atoms with van der Waals surface area (Å²) in [4.78, 5) is 0.309. The minimum Gasteiger partial charge on any atom is -0.349 e. The first-order valence-corrected chi connectivity index (χ1v) is 8.76. The van der Waals surface area contributed by atoms with E-state index in [1.165, 1.54) is 9.87 Å². The smallest absolute Gasteiger partial charge is 0.242 e. The lowest BCUT2D eigenvalue weighted by atomic mass is 10.1. The number of hydrogen-bond acceptors (Lipinski definition) is 4. The van der Waals surface area contributed by atoms with E-state index in [0.29, 0.717) is 18.1 Å². The van der Waals surface area contributed by atoms with E-state index in [2.05, 4.69) is 6.92 Å². The summed E-state index contributed by atoms with van der Waals surface area (Å²) in [6.07, 6.45) is 2.76. The molecule has 6 heteroatoms. The maximum absolute atomic E-state index is 12.5. The molecule has 1 aliphatic heterocycles. The standard InChI is InChI=1S/C15H23NO4S/c1-3-4-5-13-6-8-14(9-7-13)21(17,18)16(2)12-15-19-10-11-20-15/h6-9,15H,3-5,10-12H2,1-2H3. The van der Waals surface area contributed by atoms with E-state index in [1.54, 1.807) is 19.2 Å². The zero-order valence-electron chi connectivity index (χ0n) is 12.6. The highest BCUT2D eigenvalue weighted by atomic mass is 32.2. The molecule has 0 amide bonds. The Morgan fingerprint density at radius 2 is 1.81 bits per heavy atom. The van der Waals surface area contributed by atoms with Gasteiger partial charge >= 0.3 is 0 Å². The summed E-state index contributed by atoms with van der Waals surface area (Å²) in [7, 11) is -1.94. The first-order valence-electron chi connectivity index (χ1n) is 7.32. The van der Waals surface area contributed by atoms with Crippen molar-refractivity contribution in [1.82, 2.24) is 4.31 Å². The van der Waals surface area contributed by atoms with E-state index in [9.17, 15) is 8.42 Å². The van der Waals surface area contributed by atoms with Gasteiger partial charge in [0.15, 0.2) is 6.29 Å². The van der Waals surface area contributed by atoms with Gasteiger partial charge in [-0.1, -0.05) is 25.5 Å². The molecule has 0 atom stereocenters. The van der Waals surface area contributed by atoms with Crippen LogP contribution in [0.4, 0.5) is 0 Å². The number of ether oxygens (including phenoxy) is 2. The van der Waals surface area contributed by atoms with Crippen LogP contribution in [0.5, 0.6) is 0 Å². The van der Waals surface area contributed by atoms with Gasteiger partial charge in [0.1, 0.15) is 0 Å². The van der Waals surface area contributed by atoms with Crippen LogP contribution in [0.25, 0.3) is 0 Å². The van der Waals surface area contributed by atoms with Crippen molar-refractivity contribution >= 4 is 10.0 Å². The van der Waals surface area contributed by atoms with Crippen LogP contribution in [0.2, 0.25) is 0 Å². The molecule has 0 spiro atoms. The Labute approximate surface area is 126 Å². The predicted molar refractivity (Wildman–Crippen MR) is 80.6 cm³/mol. The summed E-state index contributed by atoms with van der Waals surface area (Å²) >= 11 is 0. The number of rotatable bonds is 7. The van der Waals surface area contributed by atoms with E-state index in [4.69, 9.17) is 9.47 Å². The summed E-state index contributed by atoms with van der Waals surface area (Å²) in [6, 6.07) is 7.12. The molecule has 5 nitrogen and oxygen atoms in total. The van der Waals surface area contributed by atoms with Crippen molar-refractivity contribution in [2.75, 3.05) is 26.8 Å². The molecule has 0 aliphatic carbocycles. The molecular weight excluding hydrogens is 290 g/mol. The van der Waals surface area contributed by atoms with Crippen LogP contribution in [-0.4, -0.2) is 45.8 Å². The van der Waals surface area contributed by atoms with E-state index in [1.807, 2.05) is 12.1 Å². The number of hydrogen-bond donors (Lipinski definition) is 0. The number of unbranched alkanes of at least 4 members (excludes halogenated alkanes) is 1. The van der Waals surface area contributed by atoms with Gasteiger partial charge in [-0.15, -0.1) is 0 Å². The van der Waals surface area contributed by atoms with E-state index < -0.39 is 16.3 Å². The molecule has 0 unspecified atom stereocenters. The Hall–Kier alpha value is -0.950. The second-order valence-corrected chi connectivity index (χ2v) is 7.25. The summed E-state index contributed by atoms with van der Waals surface area (Å²) < 4.78 is 36.8. The second kappa shape index (κ2) is 7.35. The van der Waals surface area contributed by atoms with Gasteiger partial charge in [-0.3, -0.25) is 0 Å². The number of aryl methyl sites for hydroxylation is 1. The molecule has 21 heavy (non-hydrogen) atoms. The Balaban J connectivity index is 2.03. The molecule has 0 saturated carbocycles. The average Bonchev–Trinajstić information content (AvgIpc) is 2.98. The van der Waals surface area contributed by atoms with E-state index in [0.717, 1.165) is 19.3 Å². The van der Waals surface area contributed by atoms with Crippen LogP contribution in [0.3, 0.4) is 0 Å². The van der Waals surface area contributed by atoms with E-state index >= 15 is 0 Å². The summed E-state index contributed by atoms with van der Waals surface area (Å²) in [5.41, 5.74) is 1.17. The fourth-order valence-corrected chi connectivity index (χ4v) is 3.37. The molecule has 2 rings (SSSR count). The maximum Gasteiger partial charge on any atom is 0.242 e. The third kappa shape index (κ3) is 4.26. The SMILES string of the molecule is CCCCc1ccc(S(=O)(=O)N(C)CC2OCCO2)cc1. The quantitative estimate of drug-likeness (QED) is 0.773. The Kier molecular flexibility index (Phi) is 5.75. The van der Waals surface area contributed by atoms with Crippen LogP contribution in [0.1, 0.15) is 25.3 Å². The van der Waals surface area contributed by atoms with Crippen molar-refractivity contribution in [3.05, 3.63) is 29.8 Å². The average molecular weight is 313 g/mol. The zero-order valence-corrected chi connectivity index (χ0v) is 13.4. The molecule has 0 aromatic heterocycles. The maximum atomic E-state index is 12.5. The molecular formula is C15H23NO4S. The predicted octanol–water partition coefficient (Wildman–Crippen LogP) is 2.02. The lowest BCUT2D eigenvalue weighted by Gasteiger charge is -2.20. The lowest BCUT2D eigenvalue weighted by Crippen LogP contribution is -2.34. The highest BCUT2D eigenvalue weighted by Crippen LogP contribution is 2.18. The van der Waals surface area contributed by atoms with Crippen molar-refractivity contribution < 1.29 is 17.9 Å². The van der Waals surface area contributed by atoms with Crippen LogP contribution in [-0.2, 0) is 25.9 Å². The van der Waals surface area contributed by atoms with Gasteiger partial charge in [0, 0.05) is 7.05 Å². The van der Waals surface area contributed by atoms with Crippen molar-refractivity contribution in [2.24, 2.45) is 0 Å². The monoisotopic (exact) mass is 313 g/mol. The van der Waals surface area contributed by atoms with Gasteiger partial charge in [0.25, 0.3) is 0 Å². The summed E-state index contributed by atoms with van der Waals surface area (Å²) in [6.45, 7) is 3.39. The van der Waals surface area contributed by atoms with Crippen molar-refractivity contribution in [3.8, 4) is 0 Å². The van der Waals surface area contributed by atoms with Crippen molar-refractivity contribution in [2.45, 2.75) is 37.4 Å². The van der Waals surface area contributed by atoms with Gasteiger partial charge in [-0.25, -0.2) is 8.42 Å². The fourth-order valence-electron chi connectivity index (χ4n) is 2.21. The topological polar surface area (TPSA) is 55.8 Å². The van der Waals surface area contributed by atoms with Gasteiger partial charge in [-0.05, 0) is 30.5 Å². The Morgan fingerprint density at radius 3 is 2.38 bits per heavy atom. The van der Waals surface area contributed by atoms with Crippen LogP contribution < -0.4 is 0 Å². The van der Waals surface area contributed by atoms with Crippen LogP contribution in [0, 0.1) is 0 Å². The first kappa shape index (κ1) is 16.4. The third-order valence-corrected chi connectivity index (χ3v) is 5.39. The number of nitrogens with zero attached hydrogens (tertiary/aromatic N) is 1. The van der Waals surface area contributed by atoms with Crippen molar-refractivity contribution in [1.29, 1.82) is 0 Å². The number of likely N-dealkylation sites (N-methyl/N-ethyl adjacent to an activating group) is 1. The normalized spacial score (nSPS) is 16.7. The lowest BCUT2D eigenvalue weighted by molar-refractivity contribution is -0.0482. The molecule has 0 bridgehead atoms. The highest BCUT2D eigenvalue weighted by molar-refractivity contribution is 7.89. The molecule has 0 N–H and O–H groups in total. The van der Waals surface area contributed by atoms with E-state index in [-0.39, 0.29) is 6.54 Å². The Morgan fingerprint density at radius 1 is 1.19 bits per heavy atom. The zero-order chi connectivity index (χ0) is 15.3. The first-order chi connectivity index (χ1) is 10.0. The molecule has 1 fully saturated rings. The molecule has 1 aromatic carbocycles. The van der Waals surface area contributed by atoms with Gasteiger partial charge in [0.05, 0.1) is 24.7 Å². The molecule has 1 heterocycles. The molecule has 1 saturated heterocycles. The van der Waals surface area contributed by atoms with Gasteiger partial charge in [-0.2, -0.15) is 4.31 Å². The Bertz CT molecular complexity index is 535. The van der Waals surface area contributed by atoms with Crippen LogP contribution >= 0.6 is 0 Å². The fraction of sp³-hybridized carbons (Fsp3) is 0.600. The summed E-state index contributed by atoms with van der Waals surface area (Å²) in [5.74, 6) is 0. The van der Waals surface area contributed by atoms with Crippen LogP contribution in [0.15, 0.2) is 29.2 Å². The second-order valence-electron chi connectivity index (χ2n) is 5.20. The largest absolute Gasteiger partial charge is 0.349 e. The minimum absolute atomic E-state index is 0.208. The molecule has 0 radical (unpaired) electrons. The van der Waals surface area contributed by atoms with Crippen molar-refractivity contribution in [3.63, 3.8) is 0 Å². The summed E-state index contributed by atoms with van der Waals surface area (Å²) in [5, 5.41) is 0. The molecule has 1 aromatic rings.